The van der Waals surface area contributed by atoms with Crippen molar-refractivity contribution in [1.29, 1.82) is 0 Å². The molecule has 3 aliphatic rings. The van der Waals surface area contributed by atoms with Crippen molar-refractivity contribution in [3.63, 3.8) is 0 Å². The van der Waals surface area contributed by atoms with E-state index >= 15 is 0 Å². The number of allylic oxidation sites excluding steroid dienone is 2. The molecule has 2 saturated heterocycles. The molecule has 0 aromatic rings. The fourth-order valence-electron chi connectivity index (χ4n) is 3.49. The van der Waals surface area contributed by atoms with Crippen molar-refractivity contribution in [3.8, 4) is 0 Å². The monoisotopic (exact) mass is 236 g/mol. The van der Waals surface area contributed by atoms with Crippen molar-refractivity contribution in [1.82, 2.24) is 9.80 Å². The van der Waals surface area contributed by atoms with Gasteiger partial charge in [0.25, 0.3) is 0 Å². The molecule has 94 valence electrons. The van der Waals surface area contributed by atoms with E-state index in [-0.39, 0.29) is 5.83 Å². The number of piperazine rings is 1. The summed E-state index contributed by atoms with van der Waals surface area (Å²) in [5.74, 6) is 0.0228. The van der Waals surface area contributed by atoms with Crippen molar-refractivity contribution in [2.45, 2.75) is 37.8 Å². The molecule has 0 aromatic heterocycles. The molecule has 0 spiro atoms. The molecule has 2 nitrogen and oxygen atoms in total. The number of hydrogen-bond donors (Lipinski definition) is 0. The predicted molar refractivity (Wildman–Crippen MR) is 67.5 cm³/mol. The van der Waals surface area contributed by atoms with Crippen molar-refractivity contribution in [2.24, 2.45) is 0 Å². The third-order valence-corrected chi connectivity index (χ3v) is 4.36. The van der Waals surface area contributed by atoms with Crippen LogP contribution >= 0.6 is 0 Å². The second-order valence-electron chi connectivity index (χ2n) is 5.64. The average Bonchev–Trinajstić information content (AvgIpc) is 2.56. The lowest BCUT2D eigenvalue weighted by molar-refractivity contribution is 0.0910. The van der Waals surface area contributed by atoms with Gasteiger partial charge in [0, 0.05) is 31.7 Å². The normalized spacial score (nSPS) is 34.7. The Bertz CT molecular complexity index is 347. The SMILES string of the molecule is CN1CC2CCC(C1)N2CC1=CCCC=C1F. The number of hydrogen-bond acceptors (Lipinski definition) is 2. The minimum Gasteiger partial charge on any atom is -0.303 e. The first-order valence-corrected chi connectivity index (χ1v) is 6.73. The third kappa shape index (κ3) is 2.18. The maximum atomic E-state index is 13.7. The highest BCUT2D eigenvalue weighted by Crippen LogP contribution is 2.32. The molecule has 0 aromatic carbocycles. The van der Waals surface area contributed by atoms with Crippen molar-refractivity contribution in [3.05, 3.63) is 23.6 Å². The number of halogens is 1. The molecule has 2 fully saturated rings. The molecule has 2 aliphatic heterocycles. The summed E-state index contributed by atoms with van der Waals surface area (Å²) in [6.45, 7) is 3.12. The highest BCUT2D eigenvalue weighted by molar-refractivity contribution is 5.30. The zero-order valence-electron chi connectivity index (χ0n) is 10.5. The summed E-state index contributed by atoms with van der Waals surface area (Å²) >= 11 is 0. The molecule has 1 aliphatic carbocycles. The van der Waals surface area contributed by atoms with Crippen molar-refractivity contribution in [2.75, 3.05) is 26.7 Å². The van der Waals surface area contributed by atoms with E-state index in [0.29, 0.717) is 12.1 Å². The van der Waals surface area contributed by atoms with E-state index in [4.69, 9.17) is 0 Å². The van der Waals surface area contributed by atoms with Crippen LogP contribution in [0.3, 0.4) is 0 Å². The van der Waals surface area contributed by atoms with Gasteiger partial charge in [-0.1, -0.05) is 6.08 Å². The summed E-state index contributed by atoms with van der Waals surface area (Å²) in [6, 6.07) is 1.30. The zero-order chi connectivity index (χ0) is 11.8. The van der Waals surface area contributed by atoms with Crippen LogP contribution in [0, 0.1) is 0 Å². The molecule has 2 unspecified atom stereocenters. The van der Waals surface area contributed by atoms with E-state index in [0.717, 1.165) is 38.0 Å². The third-order valence-electron chi connectivity index (χ3n) is 4.36. The van der Waals surface area contributed by atoms with Gasteiger partial charge in [0.05, 0.1) is 0 Å². The molecule has 2 bridgehead atoms. The molecule has 0 amide bonds. The number of nitrogens with zero attached hydrogens (tertiary/aromatic N) is 2. The molecule has 2 atom stereocenters. The Balaban J connectivity index is 1.70. The van der Waals surface area contributed by atoms with Gasteiger partial charge in [-0.15, -0.1) is 0 Å². The largest absolute Gasteiger partial charge is 0.303 e. The van der Waals surface area contributed by atoms with E-state index in [9.17, 15) is 4.39 Å². The Labute approximate surface area is 103 Å². The number of rotatable bonds is 2. The second-order valence-corrected chi connectivity index (χ2v) is 5.64. The van der Waals surface area contributed by atoms with Gasteiger partial charge in [-0.05, 0) is 44.4 Å². The summed E-state index contributed by atoms with van der Waals surface area (Å²) in [4.78, 5) is 4.95. The van der Waals surface area contributed by atoms with Gasteiger partial charge in [0.2, 0.25) is 0 Å². The summed E-state index contributed by atoms with van der Waals surface area (Å²) in [5, 5.41) is 0. The van der Waals surface area contributed by atoms with Gasteiger partial charge in [-0.3, -0.25) is 4.90 Å². The van der Waals surface area contributed by atoms with E-state index in [2.05, 4.69) is 22.9 Å². The first-order valence-electron chi connectivity index (χ1n) is 6.73. The minimum absolute atomic E-state index is 0.0228. The minimum atomic E-state index is 0.0228. The van der Waals surface area contributed by atoms with Gasteiger partial charge in [0.1, 0.15) is 5.83 Å². The van der Waals surface area contributed by atoms with Crippen LogP contribution in [0.25, 0.3) is 0 Å². The molecule has 3 rings (SSSR count). The fraction of sp³-hybridized carbons (Fsp3) is 0.714. The Morgan fingerprint density at radius 1 is 1.18 bits per heavy atom. The van der Waals surface area contributed by atoms with E-state index in [1.54, 1.807) is 6.08 Å². The highest BCUT2D eigenvalue weighted by atomic mass is 19.1. The van der Waals surface area contributed by atoms with E-state index in [1.165, 1.54) is 12.8 Å². The first kappa shape index (κ1) is 11.4. The topological polar surface area (TPSA) is 6.48 Å². The number of likely N-dealkylation sites (N-methyl/N-ethyl adjacent to an activating group) is 1. The van der Waals surface area contributed by atoms with Crippen LogP contribution in [0.2, 0.25) is 0 Å². The molecule has 0 N–H and O–H groups in total. The quantitative estimate of drug-likeness (QED) is 0.726. The van der Waals surface area contributed by atoms with Gasteiger partial charge in [-0.2, -0.15) is 0 Å². The fourth-order valence-corrected chi connectivity index (χ4v) is 3.49. The predicted octanol–water partition coefficient (Wildman–Crippen LogP) is 2.34. The second kappa shape index (κ2) is 4.54. The Hall–Kier alpha value is -0.670. The summed E-state index contributed by atoms with van der Waals surface area (Å²) in [7, 11) is 2.20. The van der Waals surface area contributed by atoms with Gasteiger partial charge < -0.3 is 4.90 Å². The molecular weight excluding hydrogens is 215 g/mol. The standard InChI is InChI=1S/C14H21FN2/c1-16-9-12-6-7-13(10-16)17(12)8-11-4-2-3-5-14(11)15/h4-5,12-13H,2-3,6-10H2,1H3. The number of fused-ring (bicyclic) bond motifs is 2. The molecule has 3 heteroatoms. The Kier molecular flexibility index (Phi) is 3.05. The lowest BCUT2D eigenvalue weighted by Gasteiger charge is -2.40. The van der Waals surface area contributed by atoms with Crippen LogP contribution in [0.1, 0.15) is 25.7 Å². The molecule has 17 heavy (non-hydrogen) atoms. The molecule has 0 saturated carbocycles. The van der Waals surface area contributed by atoms with Gasteiger partial charge >= 0.3 is 0 Å². The van der Waals surface area contributed by atoms with Gasteiger partial charge in [-0.25, -0.2) is 4.39 Å². The van der Waals surface area contributed by atoms with Crippen LogP contribution in [-0.2, 0) is 0 Å². The maximum absolute atomic E-state index is 13.7. The summed E-state index contributed by atoms with van der Waals surface area (Å²) in [6.07, 6.45) is 8.28. The van der Waals surface area contributed by atoms with Crippen LogP contribution in [0.5, 0.6) is 0 Å². The lowest BCUT2D eigenvalue weighted by atomic mass is 10.0. The van der Waals surface area contributed by atoms with Crippen LogP contribution in [0.4, 0.5) is 4.39 Å². The highest BCUT2D eigenvalue weighted by Gasteiger charge is 2.38. The summed E-state index contributed by atoms with van der Waals surface area (Å²) < 4.78 is 13.7. The van der Waals surface area contributed by atoms with Crippen LogP contribution in [-0.4, -0.2) is 48.6 Å². The first-order chi connectivity index (χ1) is 8.24. The van der Waals surface area contributed by atoms with E-state index < -0.39 is 0 Å². The van der Waals surface area contributed by atoms with Crippen molar-refractivity contribution >= 4 is 0 Å². The molecule has 2 heterocycles. The van der Waals surface area contributed by atoms with E-state index in [1.807, 2.05) is 0 Å². The molecule has 0 radical (unpaired) electrons. The van der Waals surface area contributed by atoms with Crippen LogP contribution in [0.15, 0.2) is 23.6 Å². The zero-order valence-corrected chi connectivity index (χ0v) is 10.5. The maximum Gasteiger partial charge on any atom is 0.123 e. The van der Waals surface area contributed by atoms with Crippen LogP contribution < -0.4 is 0 Å². The smallest absolute Gasteiger partial charge is 0.123 e. The molecular formula is C14H21FN2. The summed E-state index contributed by atoms with van der Waals surface area (Å²) in [5.41, 5.74) is 0.928. The number of likely N-dealkylation sites (tertiary alicyclic amines) is 1. The Morgan fingerprint density at radius 2 is 1.82 bits per heavy atom. The van der Waals surface area contributed by atoms with Crippen molar-refractivity contribution < 1.29 is 4.39 Å². The average molecular weight is 236 g/mol. The Morgan fingerprint density at radius 3 is 2.47 bits per heavy atom. The lowest BCUT2D eigenvalue weighted by Crippen LogP contribution is -2.52. The van der Waals surface area contributed by atoms with Gasteiger partial charge in [0.15, 0.2) is 0 Å².